The number of nitrogens with one attached hydrogen (secondary N) is 1. The zero-order valence-corrected chi connectivity index (χ0v) is 14.3. The second kappa shape index (κ2) is 7.31. The first kappa shape index (κ1) is 16.9. The molecule has 1 atom stereocenters. The molecular formula is C15H25N3O4S. The van der Waals surface area contributed by atoms with Gasteiger partial charge in [0.05, 0.1) is 19.3 Å². The van der Waals surface area contributed by atoms with Gasteiger partial charge in [0.15, 0.2) is 0 Å². The number of likely N-dealkylation sites (tertiary alicyclic amines) is 1. The maximum Gasteiger partial charge on any atom is 0.279 e. The molecule has 3 rings (SSSR count). The highest BCUT2D eigenvalue weighted by molar-refractivity contribution is 7.87. The number of hydrogen-bond acceptors (Lipinski definition) is 5. The van der Waals surface area contributed by atoms with Crippen molar-refractivity contribution in [3.63, 3.8) is 0 Å². The van der Waals surface area contributed by atoms with Crippen LogP contribution in [0.3, 0.4) is 0 Å². The number of nitrogens with zero attached hydrogens (tertiary/aromatic N) is 2. The molecule has 2 saturated heterocycles. The SMILES string of the molecule is Cc1ccc([C@@H](CNS(=O)(=O)N2CCOCC2)N2CCCC2)o1. The monoisotopic (exact) mass is 343 g/mol. The number of hydrogen-bond donors (Lipinski definition) is 1. The summed E-state index contributed by atoms with van der Waals surface area (Å²) in [6, 6.07) is 3.82. The van der Waals surface area contributed by atoms with E-state index in [0.717, 1.165) is 37.5 Å². The van der Waals surface area contributed by atoms with Crippen molar-refractivity contribution in [3.8, 4) is 0 Å². The number of rotatable bonds is 6. The Kier molecular flexibility index (Phi) is 5.38. The van der Waals surface area contributed by atoms with Gasteiger partial charge in [-0.25, -0.2) is 4.72 Å². The number of furan rings is 1. The lowest BCUT2D eigenvalue weighted by molar-refractivity contribution is 0.0723. The Labute approximate surface area is 137 Å². The molecule has 0 aliphatic carbocycles. The van der Waals surface area contributed by atoms with Crippen LogP contribution in [0.1, 0.15) is 30.4 Å². The third kappa shape index (κ3) is 4.13. The largest absolute Gasteiger partial charge is 0.465 e. The molecule has 1 aromatic rings. The van der Waals surface area contributed by atoms with Gasteiger partial charge in [0.25, 0.3) is 10.2 Å². The van der Waals surface area contributed by atoms with E-state index in [9.17, 15) is 8.42 Å². The van der Waals surface area contributed by atoms with Crippen molar-refractivity contribution < 1.29 is 17.6 Å². The lowest BCUT2D eigenvalue weighted by Crippen LogP contribution is -2.48. The fourth-order valence-corrected chi connectivity index (χ4v) is 4.34. The molecule has 2 aliphatic rings. The molecule has 0 bridgehead atoms. The molecule has 8 heteroatoms. The van der Waals surface area contributed by atoms with Gasteiger partial charge < -0.3 is 9.15 Å². The van der Waals surface area contributed by atoms with E-state index in [1.54, 1.807) is 0 Å². The quantitative estimate of drug-likeness (QED) is 0.830. The van der Waals surface area contributed by atoms with Gasteiger partial charge in [-0.2, -0.15) is 12.7 Å². The zero-order valence-electron chi connectivity index (χ0n) is 13.5. The van der Waals surface area contributed by atoms with Gasteiger partial charge in [0, 0.05) is 19.6 Å². The minimum atomic E-state index is -3.47. The average Bonchev–Trinajstić information content (AvgIpc) is 3.21. The van der Waals surface area contributed by atoms with Gasteiger partial charge in [-0.15, -0.1) is 0 Å². The maximum atomic E-state index is 12.5. The molecule has 0 saturated carbocycles. The highest BCUT2D eigenvalue weighted by Gasteiger charge is 2.30. The van der Waals surface area contributed by atoms with Crippen molar-refractivity contribution in [1.29, 1.82) is 0 Å². The number of morpholine rings is 1. The third-order valence-corrected chi connectivity index (χ3v) is 6.02. The Balaban J connectivity index is 1.68. The Morgan fingerprint density at radius 2 is 1.87 bits per heavy atom. The molecule has 0 aromatic carbocycles. The molecule has 0 amide bonds. The molecular weight excluding hydrogens is 318 g/mol. The first-order chi connectivity index (χ1) is 11.1. The average molecular weight is 343 g/mol. The van der Waals surface area contributed by atoms with Gasteiger partial charge in [-0.05, 0) is 45.0 Å². The van der Waals surface area contributed by atoms with Gasteiger partial charge >= 0.3 is 0 Å². The lowest BCUT2D eigenvalue weighted by Gasteiger charge is -2.29. The molecule has 2 fully saturated rings. The van der Waals surface area contributed by atoms with Crippen LogP contribution in [-0.4, -0.2) is 63.6 Å². The summed E-state index contributed by atoms with van der Waals surface area (Å²) in [5.74, 6) is 1.68. The Morgan fingerprint density at radius 3 is 2.48 bits per heavy atom. The van der Waals surface area contributed by atoms with Crippen LogP contribution in [0.15, 0.2) is 16.5 Å². The second-order valence-corrected chi connectivity index (χ2v) is 7.83. The first-order valence-electron chi connectivity index (χ1n) is 8.19. The van der Waals surface area contributed by atoms with Crippen LogP contribution in [0.5, 0.6) is 0 Å². The fourth-order valence-electron chi connectivity index (χ4n) is 3.16. The van der Waals surface area contributed by atoms with Crippen LogP contribution >= 0.6 is 0 Å². The predicted molar refractivity (Wildman–Crippen MR) is 86.3 cm³/mol. The molecule has 2 aliphatic heterocycles. The Hall–Kier alpha value is -0.930. The van der Waals surface area contributed by atoms with Crippen molar-refractivity contribution in [2.75, 3.05) is 45.9 Å². The molecule has 7 nitrogen and oxygen atoms in total. The Bertz CT molecular complexity index is 604. The summed E-state index contributed by atoms with van der Waals surface area (Å²) in [6.45, 7) is 5.90. The molecule has 0 radical (unpaired) electrons. The van der Waals surface area contributed by atoms with E-state index in [0.29, 0.717) is 32.8 Å². The van der Waals surface area contributed by atoms with Crippen LogP contribution in [0.4, 0.5) is 0 Å². The molecule has 130 valence electrons. The summed E-state index contributed by atoms with van der Waals surface area (Å²) < 4.78 is 40.1. The topological polar surface area (TPSA) is 75.0 Å². The van der Waals surface area contributed by atoms with Crippen LogP contribution in [0.25, 0.3) is 0 Å². The third-order valence-electron chi connectivity index (χ3n) is 4.44. The smallest absolute Gasteiger partial charge is 0.279 e. The van der Waals surface area contributed by atoms with E-state index < -0.39 is 10.2 Å². The highest BCUT2D eigenvalue weighted by atomic mass is 32.2. The summed E-state index contributed by atoms with van der Waals surface area (Å²) in [7, 11) is -3.47. The van der Waals surface area contributed by atoms with Gasteiger partial charge in [0.2, 0.25) is 0 Å². The fraction of sp³-hybridized carbons (Fsp3) is 0.733. The minimum Gasteiger partial charge on any atom is -0.465 e. The van der Waals surface area contributed by atoms with Crippen LogP contribution in [-0.2, 0) is 14.9 Å². The maximum absolute atomic E-state index is 12.5. The van der Waals surface area contributed by atoms with Crippen LogP contribution in [0.2, 0.25) is 0 Å². The van der Waals surface area contributed by atoms with Crippen LogP contribution < -0.4 is 4.72 Å². The van der Waals surface area contributed by atoms with Crippen molar-refractivity contribution in [2.45, 2.75) is 25.8 Å². The summed E-state index contributed by atoms with van der Waals surface area (Å²) in [5.41, 5.74) is 0. The van der Waals surface area contributed by atoms with Gasteiger partial charge in [-0.1, -0.05) is 0 Å². The second-order valence-electron chi connectivity index (χ2n) is 6.07. The summed E-state index contributed by atoms with van der Waals surface area (Å²) in [5, 5.41) is 0. The molecule has 3 heterocycles. The Morgan fingerprint density at radius 1 is 1.17 bits per heavy atom. The van der Waals surface area contributed by atoms with Crippen molar-refractivity contribution in [1.82, 2.24) is 13.9 Å². The molecule has 23 heavy (non-hydrogen) atoms. The number of aryl methyl sites for hydroxylation is 1. The van der Waals surface area contributed by atoms with Crippen molar-refractivity contribution in [3.05, 3.63) is 23.7 Å². The van der Waals surface area contributed by atoms with E-state index in [4.69, 9.17) is 9.15 Å². The van der Waals surface area contributed by atoms with Crippen molar-refractivity contribution >= 4 is 10.2 Å². The minimum absolute atomic E-state index is 0.0537. The normalized spacial score (nSPS) is 22.5. The summed E-state index contributed by atoms with van der Waals surface area (Å²) in [4.78, 5) is 2.29. The lowest BCUT2D eigenvalue weighted by atomic mass is 10.2. The first-order valence-corrected chi connectivity index (χ1v) is 9.63. The van der Waals surface area contributed by atoms with Gasteiger partial charge in [-0.3, -0.25) is 4.90 Å². The van der Waals surface area contributed by atoms with Crippen LogP contribution in [0, 0.1) is 6.92 Å². The van der Waals surface area contributed by atoms with E-state index in [-0.39, 0.29) is 6.04 Å². The predicted octanol–water partition coefficient (Wildman–Crippen LogP) is 0.892. The molecule has 0 spiro atoms. The van der Waals surface area contributed by atoms with E-state index in [2.05, 4.69) is 9.62 Å². The van der Waals surface area contributed by atoms with Crippen molar-refractivity contribution in [2.24, 2.45) is 0 Å². The zero-order chi connectivity index (χ0) is 16.3. The summed E-state index contributed by atoms with van der Waals surface area (Å²) >= 11 is 0. The van der Waals surface area contributed by atoms with E-state index in [1.165, 1.54) is 4.31 Å². The molecule has 1 N–H and O–H groups in total. The highest BCUT2D eigenvalue weighted by Crippen LogP contribution is 2.26. The van der Waals surface area contributed by atoms with Gasteiger partial charge in [0.1, 0.15) is 11.5 Å². The molecule has 0 unspecified atom stereocenters. The summed E-state index contributed by atoms with van der Waals surface area (Å²) in [6.07, 6.45) is 2.29. The standard InChI is InChI=1S/C15H25N3O4S/c1-13-4-5-15(22-13)14(17-6-2-3-7-17)12-16-23(19,20)18-8-10-21-11-9-18/h4-5,14,16H,2-3,6-12H2,1H3/t14-/m1/s1. The number of ether oxygens (including phenoxy) is 1. The van der Waals surface area contributed by atoms with E-state index in [1.807, 2.05) is 19.1 Å². The van der Waals surface area contributed by atoms with E-state index >= 15 is 0 Å². The molecule has 1 aromatic heterocycles.